The van der Waals surface area contributed by atoms with Crippen molar-refractivity contribution in [3.8, 4) is 16.6 Å². The molecule has 0 fully saturated rings. The molecule has 0 aliphatic heterocycles. The SMILES string of the molecule is CCc1ccc(-c2nc(C)c(C(=O)OCC(=O)NCCC#N)s2)cc1. The largest absolute Gasteiger partial charge is 0.451 e. The van der Waals surface area contributed by atoms with Gasteiger partial charge in [-0.1, -0.05) is 31.2 Å². The number of nitrogens with zero attached hydrogens (tertiary/aromatic N) is 2. The topological polar surface area (TPSA) is 92.1 Å². The summed E-state index contributed by atoms with van der Waals surface area (Å²) in [5.41, 5.74) is 2.76. The number of thiazole rings is 1. The van der Waals surface area contributed by atoms with Crippen molar-refractivity contribution in [2.45, 2.75) is 26.7 Å². The molecule has 1 aromatic carbocycles. The number of amides is 1. The van der Waals surface area contributed by atoms with Gasteiger partial charge in [-0.05, 0) is 18.9 Å². The van der Waals surface area contributed by atoms with Gasteiger partial charge in [0.25, 0.3) is 5.91 Å². The summed E-state index contributed by atoms with van der Waals surface area (Å²) in [6, 6.07) is 9.95. The summed E-state index contributed by atoms with van der Waals surface area (Å²) in [6.07, 6.45) is 1.18. The van der Waals surface area contributed by atoms with Crippen LogP contribution in [0.2, 0.25) is 0 Å². The molecule has 0 bridgehead atoms. The van der Waals surface area contributed by atoms with Gasteiger partial charge in [0.05, 0.1) is 18.2 Å². The first-order valence-electron chi connectivity index (χ1n) is 7.92. The van der Waals surface area contributed by atoms with Crippen LogP contribution in [0.4, 0.5) is 0 Å². The van der Waals surface area contributed by atoms with Crippen LogP contribution in [0.25, 0.3) is 10.6 Å². The van der Waals surface area contributed by atoms with Gasteiger partial charge in [-0.2, -0.15) is 5.26 Å². The summed E-state index contributed by atoms with van der Waals surface area (Å²) < 4.78 is 5.02. The zero-order valence-corrected chi connectivity index (χ0v) is 15.0. The molecule has 7 heteroatoms. The normalized spacial score (nSPS) is 10.1. The highest BCUT2D eigenvalue weighted by Crippen LogP contribution is 2.28. The Balaban J connectivity index is 2.00. The number of carbonyl (C=O) groups is 2. The zero-order valence-electron chi connectivity index (χ0n) is 14.2. The first-order chi connectivity index (χ1) is 12.0. The number of rotatable bonds is 7. The Labute approximate surface area is 150 Å². The van der Waals surface area contributed by atoms with Crippen molar-refractivity contribution >= 4 is 23.2 Å². The van der Waals surface area contributed by atoms with E-state index in [0.29, 0.717) is 10.6 Å². The number of benzene rings is 1. The highest BCUT2D eigenvalue weighted by atomic mass is 32.1. The molecule has 0 saturated heterocycles. The summed E-state index contributed by atoms with van der Waals surface area (Å²) >= 11 is 1.25. The van der Waals surface area contributed by atoms with Crippen LogP contribution in [-0.4, -0.2) is 30.0 Å². The quantitative estimate of drug-likeness (QED) is 0.608. The van der Waals surface area contributed by atoms with E-state index in [4.69, 9.17) is 10.00 Å². The van der Waals surface area contributed by atoms with Crippen molar-refractivity contribution in [2.75, 3.05) is 13.2 Å². The third kappa shape index (κ3) is 5.13. The molecule has 0 aliphatic rings. The molecule has 6 nitrogen and oxygen atoms in total. The van der Waals surface area contributed by atoms with E-state index in [2.05, 4.69) is 17.2 Å². The third-order valence-corrected chi connectivity index (χ3v) is 4.67. The Morgan fingerprint density at radius 3 is 2.68 bits per heavy atom. The van der Waals surface area contributed by atoms with E-state index >= 15 is 0 Å². The van der Waals surface area contributed by atoms with E-state index in [-0.39, 0.29) is 19.6 Å². The Morgan fingerprint density at radius 1 is 1.32 bits per heavy atom. The standard InChI is InChI=1S/C18H19N3O3S/c1-3-13-5-7-14(8-6-13)17-21-12(2)16(25-17)18(23)24-11-15(22)20-10-4-9-19/h5-8H,3-4,10-11H2,1-2H3,(H,20,22). The summed E-state index contributed by atoms with van der Waals surface area (Å²) in [5, 5.41) is 11.6. The Morgan fingerprint density at radius 2 is 2.04 bits per heavy atom. The number of nitriles is 1. The van der Waals surface area contributed by atoms with Crippen LogP contribution in [0.5, 0.6) is 0 Å². The zero-order chi connectivity index (χ0) is 18.2. The monoisotopic (exact) mass is 357 g/mol. The molecule has 0 saturated carbocycles. The molecule has 1 amide bonds. The lowest BCUT2D eigenvalue weighted by Gasteiger charge is -2.04. The maximum atomic E-state index is 12.2. The highest BCUT2D eigenvalue weighted by molar-refractivity contribution is 7.17. The van der Waals surface area contributed by atoms with Gasteiger partial charge in [0.2, 0.25) is 0 Å². The molecule has 0 unspecified atom stereocenters. The van der Waals surface area contributed by atoms with E-state index in [0.717, 1.165) is 17.0 Å². The highest BCUT2D eigenvalue weighted by Gasteiger charge is 2.18. The van der Waals surface area contributed by atoms with E-state index in [1.54, 1.807) is 6.92 Å². The number of aromatic nitrogens is 1. The lowest BCUT2D eigenvalue weighted by Crippen LogP contribution is -2.29. The Kier molecular flexibility index (Phi) is 6.66. The average molecular weight is 357 g/mol. The van der Waals surface area contributed by atoms with E-state index in [9.17, 15) is 9.59 Å². The fourth-order valence-corrected chi connectivity index (χ4v) is 3.06. The van der Waals surface area contributed by atoms with E-state index < -0.39 is 11.9 Å². The third-order valence-electron chi connectivity index (χ3n) is 3.48. The van der Waals surface area contributed by atoms with Gasteiger partial charge in [-0.3, -0.25) is 4.79 Å². The smallest absolute Gasteiger partial charge is 0.350 e. The van der Waals surface area contributed by atoms with Crippen LogP contribution in [-0.2, 0) is 16.0 Å². The van der Waals surface area contributed by atoms with Crippen molar-refractivity contribution in [3.63, 3.8) is 0 Å². The van der Waals surface area contributed by atoms with Crippen LogP contribution in [0, 0.1) is 18.3 Å². The molecule has 130 valence electrons. The molecular weight excluding hydrogens is 338 g/mol. The first kappa shape index (κ1) is 18.6. The summed E-state index contributed by atoms with van der Waals surface area (Å²) in [7, 11) is 0. The molecule has 0 atom stereocenters. The summed E-state index contributed by atoms with van der Waals surface area (Å²) in [5.74, 6) is -0.997. The fraction of sp³-hybridized carbons (Fsp3) is 0.333. The summed E-state index contributed by atoms with van der Waals surface area (Å²) in [6.45, 7) is 3.70. The van der Waals surface area contributed by atoms with Crippen molar-refractivity contribution < 1.29 is 14.3 Å². The minimum atomic E-state index is -0.568. The fourth-order valence-electron chi connectivity index (χ4n) is 2.10. The van der Waals surface area contributed by atoms with Gasteiger partial charge in [0, 0.05) is 12.1 Å². The van der Waals surface area contributed by atoms with Crippen molar-refractivity contribution in [3.05, 3.63) is 40.4 Å². The van der Waals surface area contributed by atoms with Crippen LogP contribution in [0.3, 0.4) is 0 Å². The predicted molar refractivity (Wildman–Crippen MR) is 95.2 cm³/mol. The van der Waals surface area contributed by atoms with Gasteiger partial charge in [-0.25, -0.2) is 9.78 Å². The maximum Gasteiger partial charge on any atom is 0.350 e. The van der Waals surface area contributed by atoms with Gasteiger partial charge >= 0.3 is 5.97 Å². The minimum absolute atomic E-state index is 0.216. The molecular formula is C18H19N3O3S. The Bertz CT molecular complexity index is 791. The van der Waals surface area contributed by atoms with Crippen LogP contribution in [0.15, 0.2) is 24.3 Å². The number of hydrogen-bond donors (Lipinski definition) is 1. The van der Waals surface area contributed by atoms with Crippen molar-refractivity contribution in [1.82, 2.24) is 10.3 Å². The number of carbonyl (C=O) groups excluding carboxylic acids is 2. The lowest BCUT2D eigenvalue weighted by atomic mass is 10.1. The van der Waals surface area contributed by atoms with Crippen molar-refractivity contribution in [2.24, 2.45) is 0 Å². The molecule has 0 radical (unpaired) electrons. The minimum Gasteiger partial charge on any atom is -0.451 e. The average Bonchev–Trinajstić information content (AvgIpc) is 3.02. The molecule has 1 N–H and O–H groups in total. The predicted octanol–water partition coefficient (Wildman–Crippen LogP) is 2.87. The maximum absolute atomic E-state index is 12.2. The van der Waals surface area contributed by atoms with Crippen LogP contribution >= 0.6 is 11.3 Å². The van der Waals surface area contributed by atoms with Gasteiger partial charge in [0.15, 0.2) is 6.61 Å². The molecule has 1 aromatic heterocycles. The number of esters is 1. The second kappa shape index (κ2) is 8.94. The van der Waals surface area contributed by atoms with E-state index in [1.165, 1.54) is 16.9 Å². The number of nitrogens with one attached hydrogen (secondary N) is 1. The second-order valence-corrected chi connectivity index (χ2v) is 6.32. The molecule has 25 heavy (non-hydrogen) atoms. The Hall–Kier alpha value is -2.72. The number of aryl methyl sites for hydroxylation is 2. The first-order valence-corrected chi connectivity index (χ1v) is 8.74. The van der Waals surface area contributed by atoms with Crippen LogP contribution < -0.4 is 5.32 Å². The van der Waals surface area contributed by atoms with Gasteiger partial charge in [-0.15, -0.1) is 11.3 Å². The number of hydrogen-bond acceptors (Lipinski definition) is 6. The van der Waals surface area contributed by atoms with E-state index in [1.807, 2.05) is 30.3 Å². The number of ether oxygens (including phenoxy) is 1. The van der Waals surface area contributed by atoms with Crippen molar-refractivity contribution in [1.29, 1.82) is 5.26 Å². The molecule has 1 heterocycles. The molecule has 0 spiro atoms. The van der Waals surface area contributed by atoms with Gasteiger partial charge < -0.3 is 10.1 Å². The van der Waals surface area contributed by atoms with Crippen LogP contribution in [0.1, 0.15) is 34.3 Å². The summed E-state index contributed by atoms with van der Waals surface area (Å²) in [4.78, 5) is 28.5. The lowest BCUT2D eigenvalue weighted by molar-refractivity contribution is -0.124. The van der Waals surface area contributed by atoms with Gasteiger partial charge in [0.1, 0.15) is 9.88 Å². The molecule has 2 aromatic rings. The second-order valence-electron chi connectivity index (χ2n) is 5.32. The molecule has 2 rings (SSSR count). The molecule has 0 aliphatic carbocycles.